The SMILES string of the molecule is CCCCCCCCCCCCCCCC(=O)OC(=O)CCCCCCCCCCCCCCC.c1ccncc1. The molecule has 4 nitrogen and oxygen atoms in total. The van der Waals surface area contributed by atoms with Gasteiger partial charge in [0.2, 0.25) is 0 Å². The van der Waals surface area contributed by atoms with Crippen LogP contribution in [0.2, 0.25) is 0 Å². The number of pyridine rings is 1. The molecule has 0 aliphatic carbocycles. The fraction of sp³-hybridized carbons (Fsp3) is 0.811. The van der Waals surface area contributed by atoms with Crippen LogP contribution in [0.5, 0.6) is 0 Å². The molecule has 0 unspecified atom stereocenters. The van der Waals surface area contributed by atoms with Crippen molar-refractivity contribution in [1.82, 2.24) is 4.98 Å². The van der Waals surface area contributed by atoms with Crippen LogP contribution in [0.4, 0.5) is 0 Å². The third-order valence-electron chi connectivity index (χ3n) is 7.76. The first-order valence-corrected chi connectivity index (χ1v) is 17.8. The number of nitrogens with zero attached hydrogens (tertiary/aromatic N) is 1. The lowest BCUT2D eigenvalue weighted by Crippen LogP contribution is -2.11. The Morgan fingerprint density at radius 2 is 0.683 bits per heavy atom. The highest BCUT2D eigenvalue weighted by atomic mass is 16.6. The summed E-state index contributed by atoms with van der Waals surface area (Å²) in [6.07, 6.45) is 37.8. The Morgan fingerprint density at radius 1 is 0.415 bits per heavy atom. The van der Waals surface area contributed by atoms with E-state index >= 15 is 0 Å². The van der Waals surface area contributed by atoms with E-state index in [9.17, 15) is 9.59 Å². The monoisotopic (exact) mass is 574 g/mol. The second-order valence-electron chi connectivity index (χ2n) is 11.9. The second-order valence-corrected chi connectivity index (χ2v) is 11.9. The number of esters is 2. The molecule has 0 aromatic carbocycles. The summed E-state index contributed by atoms with van der Waals surface area (Å²) in [6.45, 7) is 4.54. The van der Waals surface area contributed by atoms with Crippen molar-refractivity contribution in [3.63, 3.8) is 0 Å². The third kappa shape index (κ3) is 34.4. The second kappa shape index (κ2) is 34.5. The van der Waals surface area contributed by atoms with E-state index in [1.54, 1.807) is 12.4 Å². The molecule has 0 saturated carbocycles. The lowest BCUT2D eigenvalue weighted by molar-refractivity contribution is -0.159. The van der Waals surface area contributed by atoms with Crippen molar-refractivity contribution in [2.75, 3.05) is 0 Å². The molecule has 1 aromatic rings. The third-order valence-corrected chi connectivity index (χ3v) is 7.76. The predicted molar refractivity (Wildman–Crippen MR) is 176 cm³/mol. The Morgan fingerprint density at radius 3 is 0.902 bits per heavy atom. The van der Waals surface area contributed by atoms with Gasteiger partial charge in [0.15, 0.2) is 0 Å². The van der Waals surface area contributed by atoms with Crippen LogP contribution < -0.4 is 0 Å². The maximum atomic E-state index is 11.8. The van der Waals surface area contributed by atoms with Gasteiger partial charge in [0.25, 0.3) is 0 Å². The summed E-state index contributed by atoms with van der Waals surface area (Å²) in [7, 11) is 0. The molecule has 0 atom stereocenters. The minimum absolute atomic E-state index is 0.326. The topological polar surface area (TPSA) is 56.3 Å². The molecule has 0 spiro atoms. The number of carbonyl (C=O) groups is 2. The van der Waals surface area contributed by atoms with Gasteiger partial charge in [-0.15, -0.1) is 0 Å². The highest BCUT2D eigenvalue weighted by Crippen LogP contribution is 2.15. The zero-order valence-electron chi connectivity index (χ0n) is 27.4. The van der Waals surface area contributed by atoms with Crippen LogP contribution >= 0.6 is 0 Å². The van der Waals surface area contributed by atoms with Gasteiger partial charge in [0, 0.05) is 25.2 Å². The van der Waals surface area contributed by atoms with Crippen LogP contribution in [-0.2, 0) is 14.3 Å². The lowest BCUT2D eigenvalue weighted by atomic mass is 10.0. The number of hydrogen-bond donors (Lipinski definition) is 0. The molecule has 0 fully saturated rings. The first kappa shape index (κ1) is 39.3. The maximum Gasteiger partial charge on any atom is 0.313 e. The van der Waals surface area contributed by atoms with Crippen LogP contribution in [0.25, 0.3) is 0 Å². The molecule has 0 saturated heterocycles. The quantitative estimate of drug-likeness (QED) is 0.0568. The van der Waals surface area contributed by atoms with Crippen LogP contribution in [0.15, 0.2) is 30.6 Å². The molecule has 1 rings (SSSR count). The van der Waals surface area contributed by atoms with Gasteiger partial charge in [-0.2, -0.15) is 0 Å². The van der Waals surface area contributed by atoms with Gasteiger partial charge in [0.1, 0.15) is 0 Å². The Hall–Kier alpha value is -1.71. The Bertz CT molecular complexity index is 582. The van der Waals surface area contributed by atoms with Crippen LogP contribution in [0.3, 0.4) is 0 Å². The van der Waals surface area contributed by atoms with Gasteiger partial charge in [0.05, 0.1) is 0 Å². The number of aromatic nitrogens is 1. The summed E-state index contributed by atoms with van der Waals surface area (Å²) in [6, 6.07) is 5.72. The molecule has 4 heteroatoms. The van der Waals surface area contributed by atoms with E-state index < -0.39 is 0 Å². The largest absolute Gasteiger partial charge is 0.393 e. The zero-order valence-corrected chi connectivity index (χ0v) is 27.4. The van der Waals surface area contributed by atoms with E-state index in [0.29, 0.717) is 12.8 Å². The van der Waals surface area contributed by atoms with Gasteiger partial charge in [-0.1, -0.05) is 174 Å². The van der Waals surface area contributed by atoms with Gasteiger partial charge in [-0.25, -0.2) is 0 Å². The Labute approximate surface area is 255 Å². The van der Waals surface area contributed by atoms with E-state index in [-0.39, 0.29) is 11.9 Å². The summed E-state index contributed by atoms with van der Waals surface area (Å²) >= 11 is 0. The summed E-state index contributed by atoms with van der Waals surface area (Å²) in [5.74, 6) is -0.652. The van der Waals surface area contributed by atoms with E-state index in [1.807, 2.05) is 18.2 Å². The predicted octanol–water partition coefficient (Wildman–Crippen LogP) is 12.1. The smallest absolute Gasteiger partial charge is 0.313 e. The average molecular weight is 574 g/mol. The fourth-order valence-electron chi connectivity index (χ4n) is 5.12. The minimum atomic E-state index is -0.326. The number of unbranched alkanes of at least 4 members (excludes halogenated alkanes) is 24. The van der Waals surface area contributed by atoms with E-state index in [4.69, 9.17) is 4.74 Å². The van der Waals surface area contributed by atoms with Gasteiger partial charge in [-0.3, -0.25) is 14.6 Å². The molecule has 0 bridgehead atoms. The van der Waals surface area contributed by atoms with Crippen molar-refractivity contribution in [2.24, 2.45) is 0 Å². The molecule has 41 heavy (non-hydrogen) atoms. The first-order chi connectivity index (χ1) is 20.2. The Balaban J connectivity index is 0.00000234. The van der Waals surface area contributed by atoms with Crippen molar-refractivity contribution in [2.45, 2.75) is 194 Å². The number of carbonyl (C=O) groups excluding carboxylic acids is 2. The number of ether oxygens (including phenoxy) is 1. The molecule has 238 valence electrons. The summed E-state index contributed by atoms with van der Waals surface area (Å²) < 4.78 is 4.99. The average Bonchev–Trinajstić information content (AvgIpc) is 2.99. The van der Waals surface area contributed by atoms with Gasteiger partial charge >= 0.3 is 11.9 Å². The Kier molecular flexibility index (Phi) is 33.1. The molecule has 0 aliphatic heterocycles. The minimum Gasteiger partial charge on any atom is -0.393 e. The molecule has 0 radical (unpaired) electrons. The molecule has 0 N–H and O–H groups in total. The van der Waals surface area contributed by atoms with Crippen LogP contribution in [0, 0.1) is 0 Å². The molecule has 1 aromatic heterocycles. The fourth-order valence-corrected chi connectivity index (χ4v) is 5.12. The van der Waals surface area contributed by atoms with Crippen molar-refractivity contribution in [1.29, 1.82) is 0 Å². The standard InChI is InChI=1S/C32H62O3.C5H5N/c1-3-5-7-9-11-13-15-17-19-21-23-25-27-29-31(33)35-32(34)30-28-26-24-22-20-18-16-14-12-10-8-6-4-2;1-2-4-6-5-3-1/h3-30H2,1-2H3;1-5H. The highest BCUT2D eigenvalue weighted by molar-refractivity contribution is 5.85. The van der Waals surface area contributed by atoms with Crippen LogP contribution in [-0.4, -0.2) is 16.9 Å². The van der Waals surface area contributed by atoms with E-state index in [2.05, 4.69) is 18.8 Å². The van der Waals surface area contributed by atoms with E-state index in [0.717, 1.165) is 25.7 Å². The van der Waals surface area contributed by atoms with Crippen LogP contribution in [0.1, 0.15) is 194 Å². The first-order valence-electron chi connectivity index (χ1n) is 17.8. The zero-order chi connectivity index (χ0) is 29.9. The number of rotatable bonds is 28. The van der Waals surface area contributed by atoms with Crippen molar-refractivity contribution < 1.29 is 14.3 Å². The normalized spacial score (nSPS) is 10.7. The number of hydrogen-bond acceptors (Lipinski definition) is 4. The molecule has 0 amide bonds. The van der Waals surface area contributed by atoms with E-state index in [1.165, 1.54) is 141 Å². The van der Waals surface area contributed by atoms with Crippen molar-refractivity contribution >= 4 is 11.9 Å². The van der Waals surface area contributed by atoms with Crippen molar-refractivity contribution in [3.05, 3.63) is 30.6 Å². The summed E-state index contributed by atoms with van der Waals surface area (Å²) in [4.78, 5) is 27.5. The molecular weight excluding hydrogens is 506 g/mol. The van der Waals surface area contributed by atoms with Gasteiger partial charge in [-0.05, 0) is 25.0 Å². The molecule has 0 aliphatic rings. The lowest BCUT2D eigenvalue weighted by Gasteiger charge is -2.05. The van der Waals surface area contributed by atoms with Gasteiger partial charge < -0.3 is 4.74 Å². The molecule has 1 heterocycles. The molecular formula is C37H67NO3. The maximum absolute atomic E-state index is 11.8. The van der Waals surface area contributed by atoms with Crippen molar-refractivity contribution in [3.8, 4) is 0 Å². The summed E-state index contributed by atoms with van der Waals surface area (Å²) in [5.41, 5.74) is 0. The summed E-state index contributed by atoms with van der Waals surface area (Å²) in [5, 5.41) is 0. The highest BCUT2D eigenvalue weighted by Gasteiger charge is 2.09.